The number of carboxylic acid groups (broad SMARTS) is 1. The highest BCUT2D eigenvalue weighted by Gasteiger charge is 2.17. The van der Waals surface area contributed by atoms with Crippen molar-refractivity contribution in [2.75, 3.05) is 30.8 Å². The number of carbonyl (C=O) groups excluding carboxylic acids is 1. The number of aromatic nitrogens is 3. The number of hydrogen-bond acceptors (Lipinski definition) is 11. The van der Waals surface area contributed by atoms with Crippen LogP contribution < -0.4 is 20.7 Å². The summed E-state index contributed by atoms with van der Waals surface area (Å²) >= 11 is 0. The Morgan fingerprint density at radius 3 is 2.74 bits per heavy atom. The third-order valence-electron chi connectivity index (χ3n) is 6.37. The van der Waals surface area contributed by atoms with Crippen molar-refractivity contribution in [3.63, 3.8) is 0 Å². The van der Waals surface area contributed by atoms with Crippen molar-refractivity contribution in [3.05, 3.63) is 82.3 Å². The van der Waals surface area contributed by atoms with Crippen LogP contribution in [0.3, 0.4) is 0 Å². The summed E-state index contributed by atoms with van der Waals surface area (Å²) in [5.74, 6) is -0.834. The number of nitrogens with zero attached hydrogens (tertiary/aromatic N) is 6. The molecule has 4 N–H and O–H groups in total. The molecule has 0 bridgehead atoms. The first kappa shape index (κ1) is 28.6. The van der Waals surface area contributed by atoms with E-state index < -0.39 is 17.8 Å². The van der Waals surface area contributed by atoms with Gasteiger partial charge in [0.2, 0.25) is 17.7 Å². The van der Waals surface area contributed by atoms with Gasteiger partial charge in [-0.15, -0.1) is 0 Å². The number of benzene rings is 2. The van der Waals surface area contributed by atoms with E-state index in [9.17, 15) is 9.59 Å². The average Bonchev–Trinajstić information content (AvgIpc) is 3.64. The molecule has 1 aliphatic rings. The number of anilines is 2. The lowest BCUT2D eigenvalue weighted by molar-refractivity contribution is -0.132. The number of oxazole rings is 1. The fraction of sp³-hybridized carbons (Fsp3) is 0.207. The number of alkyl carbamates (subject to hydrolysis) is 1. The summed E-state index contributed by atoms with van der Waals surface area (Å²) in [6.07, 6.45) is 2.87. The molecule has 5 rings (SSSR count). The first-order valence-electron chi connectivity index (χ1n) is 13.0. The smallest absolute Gasteiger partial charge is 0.407 e. The molecule has 3 heterocycles. The Bertz CT molecular complexity index is 1770. The number of rotatable bonds is 11. The Morgan fingerprint density at radius 2 is 1.98 bits per heavy atom. The lowest BCUT2D eigenvalue weighted by atomic mass is 10.1. The number of fused-ring (bicyclic) bond motifs is 2. The number of amides is 1. The van der Waals surface area contributed by atoms with Crippen LogP contribution in [-0.4, -0.2) is 58.5 Å². The standard InChI is InChI=1S/C29H26N8O6/c1-31-22(27(38)39)14-24-34-20-8-7-19(13-23(20)43-24)37(2)11-12-41-29(40)33-15-17-3-5-18(6-4-17)16-42-26-25-21(9-10-32-25)35-28(30)36-26/h3-8,10,13-14H,9,11-12,15-16H2,2H3,(H,33,40)(H,38,39)(H2,30,35,36)/b22-14-. The minimum absolute atomic E-state index is 0.0251. The van der Waals surface area contributed by atoms with Gasteiger partial charge >= 0.3 is 12.1 Å². The Balaban J connectivity index is 1.06. The molecule has 14 heteroatoms. The second-order valence-electron chi connectivity index (χ2n) is 9.36. The normalized spacial score (nSPS) is 12.0. The van der Waals surface area contributed by atoms with Gasteiger partial charge in [-0.25, -0.2) is 19.6 Å². The van der Waals surface area contributed by atoms with Gasteiger partial charge in [-0.05, 0) is 23.3 Å². The molecule has 0 radical (unpaired) electrons. The highest BCUT2D eigenvalue weighted by atomic mass is 16.5. The van der Waals surface area contributed by atoms with Gasteiger partial charge in [-0.3, -0.25) is 9.79 Å². The van der Waals surface area contributed by atoms with E-state index in [0.29, 0.717) is 35.6 Å². The van der Waals surface area contributed by atoms with Gasteiger partial charge < -0.3 is 34.9 Å². The Labute approximate surface area is 245 Å². The molecule has 14 nitrogen and oxygen atoms in total. The minimum atomic E-state index is -1.36. The molecule has 2 aromatic heterocycles. The predicted molar refractivity (Wildman–Crippen MR) is 157 cm³/mol. The molecule has 43 heavy (non-hydrogen) atoms. The monoisotopic (exact) mass is 582 g/mol. The van der Waals surface area contributed by atoms with Crippen LogP contribution in [-0.2, 0) is 29.1 Å². The van der Waals surface area contributed by atoms with Crippen LogP contribution in [0.4, 0.5) is 22.1 Å². The highest BCUT2D eigenvalue weighted by molar-refractivity contribution is 5.93. The largest absolute Gasteiger partial charge is 0.486 e. The zero-order chi connectivity index (χ0) is 30.3. The lowest BCUT2D eigenvalue weighted by Gasteiger charge is -2.19. The summed E-state index contributed by atoms with van der Waals surface area (Å²) in [7, 11) is 1.83. The molecule has 0 atom stereocenters. The molecule has 1 aliphatic heterocycles. The van der Waals surface area contributed by atoms with Gasteiger partial charge in [0, 0.05) is 44.1 Å². The van der Waals surface area contributed by atoms with E-state index in [1.807, 2.05) is 42.3 Å². The molecule has 0 unspecified atom stereocenters. The fourth-order valence-electron chi connectivity index (χ4n) is 4.12. The van der Waals surface area contributed by atoms with Crippen LogP contribution in [0.25, 0.3) is 22.0 Å². The minimum Gasteiger partial charge on any atom is -0.486 e. The Kier molecular flexibility index (Phi) is 8.43. The topological polar surface area (TPSA) is 183 Å². The molecule has 2 aromatic carbocycles. The van der Waals surface area contributed by atoms with E-state index >= 15 is 0 Å². The van der Waals surface area contributed by atoms with Gasteiger partial charge in [0.1, 0.15) is 24.4 Å². The van der Waals surface area contributed by atoms with Crippen LogP contribution in [0.2, 0.25) is 0 Å². The second kappa shape index (κ2) is 12.7. The van der Waals surface area contributed by atoms with Crippen LogP contribution in [0.15, 0.2) is 57.6 Å². The summed E-state index contributed by atoms with van der Waals surface area (Å²) in [6.45, 7) is 8.05. The molecule has 0 saturated carbocycles. The number of aliphatic imine (C=N–C) groups is 1. The Hall–Kier alpha value is -5.97. The van der Waals surface area contributed by atoms with Crippen molar-refractivity contribution in [1.82, 2.24) is 20.3 Å². The van der Waals surface area contributed by atoms with Crippen molar-refractivity contribution in [1.29, 1.82) is 0 Å². The molecular formula is C29H26N8O6. The van der Waals surface area contributed by atoms with Crippen molar-refractivity contribution < 1.29 is 28.6 Å². The quantitative estimate of drug-likeness (QED) is 0.173. The number of likely N-dealkylation sites (N-methyl/N-ethyl adjacent to an activating group) is 1. The molecule has 0 saturated heterocycles. The zero-order valence-corrected chi connectivity index (χ0v) is 23.0. The SMILES string of the molecule is [C-]#[N+]/C(=C\c1nc2ccc(N(C)CCOC(=O)NCc3ccc(COc4nc(N)nc5c4N=CC5)cc3)cc2o1)C(=O)O. The van der Waals surface area contributed by atoms with Crippen LogP contribution in [0.1, 0.15) is 22.7 Å². The van der Waals surface area contributed by atoms with Gasteiger partial charge in [0.15, 0.2) is 5.58 Å². The van der Waals surface area contributed by atoms with Gasteiger partial charge in [-0.2, -0.15) is 4.98 Å². The number of nitrogens with two attached hydrogens (primary N) is 1. The summed E-state index contributed by atoms with van der Waals surface area (Å²) in [4.78, 5) is 44.9. The summed E-state index contributed by atoms with van der Waals surface area (Å²) in [5.41, 5.74) is 10.1. The summed E-state index contributed by atoms with van der Waals surface area (Å²) in [5, 5.41) is 11.7. The van der Waals surface area contributed by atoms with Crippen molar-refractivity contribution in [3.8, 4) is 5.88 Å². The fourth-order valence-corrected chi connectivity index (χ4v) is 4.12. The maximum atomic E-state index is 12.2. The molecule has 0 fully saturated rings. The molecule has 0 spiro atoms. The van der Waals surface area contributed by atoms with Crippen LogP contribution in [0, 0.1) is 6.57 Å². The maximum absolute atomic E-state index is 12.2. The zero-order valence-electron chi connectivity index (χ0n) is 23.0. The van der Waals surface area contributed by atoms with E-state index in [2.05, 4.69) is 30.1 Å². The first-order valence-corrected chi connectivity index (χ1v) is 13.0. The van der Waals surface area contributed by atoms with Crippen molar-refractivity contribution in [2.24, 2.45) is 4.99 Å². The maximum Gasteiger partial charge on any atom is 0.407 e. The van der Waals surface area contributed by atoms with E-state index in [1.165, 1.54) is 0 Å². The lowest BCUT2D eigenvalue weighted by Crippen LogP contribution is -2.28. The third-order valence-corrected chi connectivity index (χ3v) is 6.37. The molecule has 218 valence electrons. The van der Waals surface area contributed by atoms with E-state index in [0.717, 1.165) is 28.6 Å². The number of ether oxygens (including phenoxy) is 2. The second-order valence-corrected chi connectivity index (χ2v) is 9.36. The number of carbonyl (C=O) groups is 2. The number of carboxylic acids is 1. The van der Waals surface area contributed by atoms with E-state index in [-0.39, 0.29) is 31.6 Å². The van der Waals surface area contributed by atoms with Gasteiger partial charge in [0.25, 0.3) is 5.70 Å². The third kappa shape index (κ3) is 7.03. The number of hydrogen-bond donors (Lipinski definition) is 3. The van der Waals surface area contributed by atoms with E-state index in [1.54, 1.807) is 18.3 Å². The van der Waals surface area contributed by atoms with Gasteiger partial charge in [0.05, 0.1) is 18.8 Å². The molecule has 1 amide bonds. The number of nitrogen functional groups attached to an aromatic ring is 1. The van der Waals surface area contributed by atoms with Crippen LogP contribution >= 0.6 is 0 Å². The van der Waals surface area contributed by atoms with Crippen molar-refractivity contribution in [2.45, 2.75) is 19.6 Å². The average molecular weight is 583 g/mol. The van der Waals surface area contributed by atoms with Gasteiger partial charge in [-0.1, -0.05) is 24.3 Å². The number of nitrogens with one attached hydrogen (secondary N) is 1. The summed E-state index contributed by atoms with van der Waals surface area (Å²) < 4.78 is 16.7. The van der Waals surface area contributed by atoms with Crippen molar-refractivity contribution >= 4 is 52.8 Å². The predicted octanol–water partition coefficient (Wildman–Crippen LogP) is 3.74. The molecular weight excluding hydrogens is 556 g/mol. The Morgan fingerprint density at radius 1 is 1.19 bits per heavy atom. The van der Waals surface area contributed by atoms with Crippen LogP contribution in [0.5, 0.6) is 5.88 Å². The molecule has 0 aliphatic carbocycles. The van der Waals surface area contributed by atoms with E-state index in [4.69, 9.17) is 31.3 Å². The summed E-state index contributed by atoms with van der Waals surface area (Å²) in [6, 6.07) is 12.8. The molecule has 4 aromatic rings. The highest BCUT2D eigenvalue weighted by Crippen LogP contribution is 2.33. The first-order chi connectivity index (χ1) is 20.8. The number of aliphatic carboxylic acids is 1.